The van der Waals surface area contributed by atoms with Crippen LogP contribution in [0.4, 0.5) is 0 Å². The molecule has 0 heterocycles. The lowest BCUT2D eigenvalue weighted by Crippen LogP contribution is -2.31. The van der Waals surface area contributed by atoms with Crippen molar-refractivity contribution in [2.75, 3.05) is 34.2 Å². The van der Waals surface area contributed by atoms with Crippen molar-refractivity contribution < 1.29 is 9.63 Å². The quantitative estimate of drug-likeness (QED) is 0.581. The molecule has 2 aromatic carbocycles. The minimum Gasteiger partial charge on any atom is -0.406 e. The number of benzene rings is 2. The van der Waals surface area contributed by atoms with Gasteiger partial charge in [-0.1, -0.05) is 36.4 Å². The van der Waals surface area contributed by atoms with Crippen LogP contribution >= 0.6 is 0 Å². The van der Waals surface area contributed by atoms with Gasteiger partial charge in [-0.2, -0.15) is 0 Å². The second kappa shape index (κ2) is 7.73. The molecule has 22 heavy (non-hydrogen) atoms. The van der Waals surface area contributed by atoms with Crippen molar-refractivity contribution in [3.8, 4) is 16.9 Å². The van der Waals surface area contributed by atoms with Gasteiger partial charge in [0.15, 0.2) is 6.29 Å². The Morgan fingerprint density at radius 3 is 2.27 bits per heavy atom. The third kappa shape index (κ3) is 4.41. The van der Waals surface area contributed by atoms with Crippen molar-refractivity contribution in [1.82, 2.24) is 9.96 Å². The zero-order valence-electron chi connectivity index (χ0n) is 13.3. The van der Waals surface area contributed by atoms with Crippen LogP contribution in [0.2, 0.25) is 0 Å². The molecule has 4 heteroatoms. The lowest BCUT2D eigenvalue weighted by atomic mass is 10.0. The highest BCUT2D eigenvalue weighted by molar-refractivity contribution is 5.87. The van der Waals surface area contributed by atoms with E-state index >= 15 is 0 Å². The van der Waals surface area contributed by atoms with E-state index in [1.807, 2.05) is 74.7 Å². The number of carbonyl (C=O) groups excluding carboxylic acids is 1. The minimum atomic E-state index is 0.694. The second-order valence-electron chi connectivity index (χ2n) is 5.48. The van der Waals surface area contributed by atoms with Crippen LogP contribution < -0.4 is 4.84 Å². The third-order valence-electron chi connectivity index (χ3n) is 3.38. The molecule has 0 bridgehead atoms. The van der Waals surface area contributed by atoms with Gasteiger partial charge in [0.1, 0.15) is 5.75 Å². The van der Waals surface area contributed by atoms with Crippen LogP contribution in [-0.4, -0.2) is 50.5 Å². The Hall–Kier alpha value is -2.17. The highest BCUT2D eigenvalue weighted by atomic mass is 16.7. The van der Waals surface area contributed by atoms with E-state index in [4.69, 9.17) is 4.84 Å². The first kappa shape index (κ1) is 16.2. The number of likely N-dealkylation sites (N-methyl/N-ethyl adjacent to an activating group) is 2. The van der Waals surface area contributed by atoms with Crippen molar-refractivity contribution in [1.29, 1.82) is 0 Å². The van der Waals surface area contributed by atoms with E-state index in [-0.39, 0.29) is 0 Å². The summed E-state index contributed by atoms with van der Waals surface area (Å²) in [7, 11) is 5.99. The number of hydrogen-bond donors (Lipinski definition) is 0. The zero-order chi connectivity index (χ0) is 15.9. The number of aldehydes is 1. The van der Waals surface area contributed by atoms with E-state index in [9.17, 15) is 4.79 Å². The Bertz CT molecular complexity index is 609. The van der Waals surface area contributed by atoms with Crippen LogP contribution in [0.15, 0.2) is 48.5 Å². The summed E-state index contributed by atoms with van der Waals surface area (Å²) in [6, 6.07) is 15.3. The van der Waals surface area contributed by atoms with Crippen LogP contribution in [0, 0.1) is 0 Å². The summed E-state index contributed by atoms with van der Waals surface area (Å²) >= 11 is 0. The number of hydrogen-bond acceptors (Lipinski definition) is 4. The van der Waals surface area contributed by atoms with Gasteiger partial charge in [-0.15, -0.1) is 5.06 Å². The van der Waals surface area contributed by atoms with Gasteiger partial charge in [0.2, 0.25) is 0 Å². The molecule has 0 aliphatic heterocycles. The molecule has 4 nitrogen and oxygen atoms in total. The molecule has 0 aliphatic rings. The van der Waals surface area contributed by atoms with Gasteiger partial charge in [0, 0.05) is 25.7 Å². The predicted octanol–water partition coefficient (Wildman–Crippen LogP) is 2.95. The Morgan fingerprint density at radius 1 is 0.955 bits per heavy atom. The minimum absolute atomic E-state index is 0.694. The molecular weight excluding hydrogens is 276 g/mol. The Kier molecular flexibility index (Phi) is 5.69. The molecule has 0 unspecified atom stereocenters. The van der Waals surface area contributed by atoms with E-state index in [2.05, 4.69) is 4.90 Å². The first-order valence-electron chi connectivity index (χ1n) is 7.28. The molecule has 0 N–H and O–H groups in total. The number of nitrogens with zero attached hydrogens (tertiary/aromatic N) is 2. The molecule has 0 spiro atoms. The van der Waals surface area contributed by atoms with Crippen LogP contribution in [0.1, 0.15) is 10.4 Å². The molecular formula is C18H22N2O2. The molecule has 0 aromatic heterocycles. The van der Waals surface area contributed by atoms with E-state index in [1.165, 1.54) is 0 Å². The van der Waals surface area contributed by atoms with Crippen molar-refractivity contribution in [3.63, 3.8) is 0 Å². The second-order valence-corrected chi connectivity index (χ2v) is 5.48. The molecule has 0 aliphatic carbocycles. The summed E-state index contributed by atoms with van der Waals surface area (Å²) in [6.45, 7) is 1.75. The Balaban J connectivity index is 2.05. The molecule has 116 valence electrons. The first-order chi connectivity index (χ1) is 10.6. The van der Waals surface area contributed by atoms with E-state index in [0.29, 0.717) is 5.56 Å². The van der Waals surface area contributed by atoms with Gasteiger partial charge in [0.25, 0.3) is 0 Å². The topological polar surface area (TPSA) is 32.8 Å². The van der Waals surface area contributed by atoms with Gasteiger partial charge in [-0.25, -0.2) is 0 Å². The van der Waals surface area contributed by atoms with Crippen molar-refractivity contribution in [2.45, 2.75) is 0 Å². The van der Waals surface area contributed by atoms with Gasteiger partial charge in [-0.05, 0) is 37.4 Å². The SMILES string of the molecule is CN(C)CCN(C)Oc1ccc(-c2ccccc2C=O)cc1. The molecule has 0 saturated heterocycles. The summed E-state index contributed by atoms with van der Waals surface area (Å²) in [5, 5.41) is 1.81. The summed E-state index contributed by atoms with van der Waals surface area (Å²) < 4.78 is 0. The van der Waals surface area contributed by atoms with Gasteiger partial charge < -0.3 is 9.74 Å². The van der Waals surface area contributed by atoms with Gasteiger partial charge in [0.05, 0.1) is 0 Å². The third-order valence-corrected chi connectivity index (χ3v) is 3.38. The molecule has 0 atom stereocenters. The smallest absolute Gasteiger partial charge is 0.150 e. The fourth-order valence-electron chi connectivity index (χ4n) is 2.12. The van der Waals surface area contributed by atoms with E-state index in [1.54, 1.807) is 0 Å². The molecule has 0 radical (unpaired) electrons. The lowest BCUT2D eigenvalue weighted by molar-refractivity contribution is -0.0350. The highest BCUT2D eigenvalue weighted by Gasteiger charge is 2.05. The maximum atomic E-state index is 11.1. The van der Waals surface area contributed by atoms with Crippen molar-refractivity contribution in [3.05, 3.63) is 54.1 Å². The maximum Gasteiger partial charge on any atom is 0.150 e. The standard InChI is InChI=1S/C18H22N2O2/c1-19(2)12-13-20(3)22-17-10-8-15(9-11-17)18-7-5-4-6-16(18)14-21/h4-11,14H,12-13H2,1-3H3. The number of carbonyl (C=O) groups is 1. The van der Waals surface area contributed by atoms with Crippen LogP contribution in [0.25, 0.3) is 11.1 Å². The maximum absolute atomic E-state index is 11.1. The van der Waals surface area contributed by atoms with Crippen LogP contribution in [-0.2, 0) is 0 Å². The van der Waals surface area contributed by atoms with Crippen molar-refractivity contribution in [2.24, 2.45) is 0 Å². The fourth-order valence-corrected chi connectivity index (χ4v) is 2.12. The zero-order valence-corrected chi connectivity index (χ0v) is 13.3. The Labute approximate surface area is 131 Å². The van der Waals surface area contributed by atoms with Crippen LogP contribution in [0.3, 0.4) is 0 Å². The largest absolute Gasteiger partial charge is 0.406 e. The molecule has 2 aromatic rings. The molecule has 0 amide bonds. The highest BCUT2D eigenvalue weighted by Crippen LogP contribution is 2.25. The molecule has 0 saturated carbocycles. The fraction of sp³-hybridized carbons (Fsp3) is 0.278. The first-order valence-corrected chi connectivity index (χ1v) is 7.28. The summed E-state index contributed by atoms with van der Waals surface area (Å²) in [4.78, 5) is 19.0. The number of hydroxylamine groups is 2. The van der Waals surface area contributed by atoms with Crippen LogP contribution in [0.5, 0.6) is 5.75 Å². The lowest BCUT2D eigenvalue weighted by Gasteiger charge is -2.19. The molecule has 2 rings (SSSR count). The normalized spacial score (nSPS) is 11.0. The Morgan fingerprint density at radius 2 is 1.64 bits per heavy atom. The predicted molar refractivity (Wildman–Crippen MR) is 89.1 cm³/mol. The van der Waals surface area contributed by atoms with Gasteiger partial charge in [-0.3, -0.25) is 4.79 Å². The average molecular weight is 298 g/mol. The summed E-state index contributed by atoms with van der Waals surface area (Å²) in [6.07, 6.45) is 0.884. The summed E-state index contributed by atoms with van der Waals surface area (Å²) in [5.74, 6) is 0.786. The van der Waals surface area contributed by atoms with E-state index in [0.717, 1.165) is 36.3 Å². The monoisotopic (exact) mass is 298 g/mol. The van der Waals surface area contributed by atoms with Crippen molar-refractivity contribution >= 4 is 6.29 Å². The average Bonchev–Trinajstić information content (AvgIpc) is 2.53. The number of rotatable bonds is 7. The molecule has 0 fully saturated rings. The summed E-state index contributed by atoms with van der Waals surface area (Å²) in [5.41, 5.74) is 2.63. The van der Waals surface area contributed by atoms with Gasteiger partial charge >= 0.3 is 0 Å². The van der Waals surface area contributed by atoms with E-state index < -0.39 is 0 Å².